The van der Waals surface area contributed by atoms with Crippen LogP contribution in [0.2, 0.25) is 0 Å². The third-order valence-corrected chi connectivity index (χ3v) is 5.26. The van der Waals surface area contributed by atoms with E-state index in [-0.39, 0.29) is 10.8 Å². The molecule has 0 spiro atoms. The number of rotatable bonds is 7. The molecule has 0 saturated carbocycles. The molecular formula is C19H24N2O4S. The maximum atomic E-state index is 12.8. The highest BCUT2D eigenvalue weighted by Crippen LogP contribution is 2.28. The smallest absolute Gasteiger partial charge is 0.262 e. The van der Waals surface area contributed by atoms with Crippen molar-refractivity contribution in [3.8, 4) is 5.75 Å². The van der Waals surface area contributed by atoms with E-state index in [2.05, 4.69) is 10.0 Å². The predicted octanol–water partition coefficient (Wildman–Crippen LogP) is 3.25. The van der Waals surface area contributed by atoms with Gasteiger partial charge in [-0.05, 0) is 55.7 Å². The van der Waals surface area contributed by atoms with Gasteiger partial charge in [0.2, 0.25) is 0 Å². The maximum Gasteiger partial charge on any atom is 0.262 e. The minimum Gasteiger partial charge on any atom is -0.495 e. The van der Waals surface area contributed by atoms with E-state index in [9.17, 15) is 13.2 Å². The normalized spacial score (nSPS) is 11.1. The van der Waals surface area contributed by atoms with Crippen LogP contribution in [0.25, 0.3) is 0 Å². The summed E-state index contributed by atoms with van der Waals surface area (Å²) >= 11 is 0. The fourth-order valence-corrected chi connectivity index (χ4v) is 3.54. The summed E-state index contributed by atoms with van der Waals surface area (Å²) < 4.78 is 33.3. The van der Waals surface area contributed by atoms with Gasteiger partial charge in [-0.2, -0.15) is 0 Å². The van der Waals surface area contributed by atoms with Crippen LogP contribution < -0.4 is 14.8 Å². The molecule has 2 aromatic carbocycles. The minimum absolute atomic E-state index is 0.0216. The fraction of sp³-hybridized carbons (Fsp3) is 0.316. The number of carbonyl (C=O) groups is 1. The predicted molar refractivity (Wildman–Crippen MR) is 102 cm³/mol. The van der Waals surface area contributed by atoms with Crippen molar-refractivity contribution in [3.05, 3.63) is 53.1 Å². The molecule has 0 heterocycles. The lowest BCUT2D eigenvalue weighted by atomic mass is 10.1. The van der Waals surface area contributed by atoms with Crippen LogP contribution in [0.3, 0.4) is 0 Å². The summed E-state index contributed by atoms with van der Waals surface area (Å²) in [5.74, 6) is 0.140. The van der Waals surface area contributed by atoms with Crippen molar-refractivity contribution in [2.45, 2.75) is 32.1 Å². The van der Waals surface area contributed by atoms with Crippen LogP contribution in [-0.4, -0.2) is 28.0 Å². The molecule has 2 aromatic rings. The largest absolute Gasteiger partial charge is 0.495 e. The zero-order chi connectivity index (χ0) is 19.3. The van der Waals surface area contributed by atoms with Gasteiger partial charge >= 0.3 is 0 Å². The van der Waals surface area contributed by atoms with Gasteiger partial charge in [-0.15, -0.1) is 0 Å². The quantitative estimate of drug-likeness (QED) is 0.777. The molecule has 2 rings (SSSR count). The SMILES string of the molecule is CCCNC(=O)c1cc(S(=O)(=O)Nc2cc(C)ccc2OC)ccc1C. The number of sulfonamides is 1. The van der Waals surface area contributed by atoms with Crippen LogP contribution in [-0.2, 0) is 10.0 Å². The summed E-state index contributed by atoms with van der Waals surface area (Å²) in [5.41, 5.74) is 2.31. The van der Waals surface area contributed by atoms with Crippen molar-refractivity contribution in [2.75, 3.05) is 18.4 Å². The second-order valence-electron chi connectivity index (χ2n) is 6.04. The van der Waals surface area contributed by atoms with Crippen LogP contribution >= 0.6 is 0 Å². The molecule has 0 radical (unpaired) electrons. The molecule has 0 bridgehead atoms. The van der Waals surface area contributed by atoms with Gasteiger partial charge in [0.05, 0.1) is 17.7 Å². The molecule has 0 atom stereocenters. The summed E-state index contributed by atoms with van der Waals surface area (Å²) in [6, 6.07) is 9.73. The Morgan fingerprint density at radius 2 is 1.85 bits per heavy atom. The Kier molecular flexibility index (Phi) is 6.26. The Morgan fingerprint density at radius 1 is 1.12 bits per heavy atom. The molecule has 2 N–H and O–H groups in total. The second-order valence-corrected chi connectivity index (χ2v) is 7.72. The first kappa shape index (κ1) is 19.8. The lowest BCUT2D eigenvalue weighted by Crippen LogP contribution is -2.25. The van der Waals surface area contributed by atoms with Gasteiger partial charge in [-0.3, -0.25) is 9.52 Å². The van der Waals surface area contributed by atoms with Crippen LogP contribution in [0.1, 0.15) is 34.8 Å². The highest BCUT2D eigenvalue weighted by Gasteiger charge is 2.19. The van der Waals surface area contributed by atoms with E-state index in [1.54, 1.807) is 25.1 Å². The molecule has 0 aliphatic rings. The van der Waals surface area contributed by atoms with Gasteiger partial charge < -0.3 is 10.1 Å². The van der Waals surface area contributed by atoms with Crippen LogP contribution in [0.4, 0.5) is 5.69 Å². The van der Waals surface area contributed by atoms with E-state index in [1.165, 1.54) is 19.2 Å². The summed E-state index contributed by atoms with van der Waals surface area (Å²) in [4.78, 5) is 12.3. The van der Waals surface area contributed by atoms with Gasteiger partial charge in [-0.25, -0.2) is 8.42 Å². The number of nitrogens with one attached hydrogen (secondary N) is 2. The lowest BCUT2D eigenvalue weighted by Gasteiger charge is -2.14. The first-order chi connectivity index (χ1) is 12.3. The number of ether oxygens (including phenoxy) is 1. The third kappa shape index (κ3) is 4.54. The van der Waals surface area contributed by atoms with Crippen molar-refractivity contribution in [3.63, 3.8) is 0 Å². The highest BCUT2D eigenvalue weighted by atomic mass is 32.2. The van der Waals surface area contributed by atoms with Crippen LogP contribution in [0.5, 0.6) is 5.75 Å². The number of anilines is 1. The molecule has 0 unspecified atom stereocenters. The number of hydrogen-bond donors (Lipinski definition) is 2. The molecule has 0 aromatic heterocycles. The summed E-state index contributed by atoms with van der Waals surface area (Å²) in [5, 5.41) is 2.77. The minimum atomic E-state index is -3.87. The number of methoxy groups -OCH3 is 1. The van der Waals surface area contributed by atoms with E-state index in [4.69, 9.17) is 4.74 Å². The Labute approximate surface area is 154 Å². The van der Waals surface area contributed by atoms with Gasteiger partial charge in [0.15, 0.2) is 0 Å². The van der Waals surface area contributed by atoms with Gasteiger partial charge in [0, 0.05) is 12.1 Å². The molecule has 140 valence electrons. The first-order valence-corrected chi connectivity index (χ1v) is 9.83. The zero-order valence-electron chi connectivity index (χ0n) is 15.4. The van der Waals surface area contributed by atoms with Crippen LogP contribution in [0, 0.1) is 13.8 Å². The topological polar surface area (TPSA) is 84.5 Å². The maximum absolute atomic E-state index is 12.8. The van der Waals surface area contributed by atoms with E-state index in [0.717, 1.165) is 12.0 Å². The van der Waals surface area contributed by atoms with Gasteiger partial charge in [0.25, 0.3) is 15.9 Å². The number of aryl methyl sites for hydroxylation is 2. The van der Waals surface area contributed by atoms with Crippen molar-refractivity contribution < 1.29 is 17.9 Å². The monoisotopic (exact) mass is 376 g/mol. The van der Waals surface area contributed by atoms with E-state index >= 15 is 0 Å². The van der Waals surface area contributed by atoms with Crippen molar-refractivity contribution >= 4 is 21.6 Å². The molecule has 0 fully saturated rings. The molecule has 1 amide bonds. The molecule has 0 saturated heterocycles. The Bertz CT molecular complexity index is 908. The summed E-state index contributed by atoms with van der Waals surface area (Å²) in [6.07, 6.45) is 0.803. The number of carbonyl (C=O) groups excluding carboxylic acids is 1. The number of amides is 1. The van der Waals surface area contributed by atoms with E-state index in [1.807, 2.05) is 19.9 Å². The van der Waals surface area contributed by atoms with Crippen molar-refractivity contribution in [1.82, 2.24) is 5.32 Å². The van der Waals surface area contributed by atoms with Crippen molar-refractivity contribution in [1.29, 1.82) is 0 Å². The molecule has 7 heteroatoms. The number of hydrogen-bond acceptors (Lipinski definition) is 4. The first-order valence-electron chi connectivity index (χ1n) is 8.34. The van der Waals surface area contributed by atoms with Gasteiger partial charge in [0.1, 0.15) is 5.75 Å². The molecule has 0 aliphatic heterocycles. The average Bonchev–Trinajstić information content (AvgIpc) is 2.59. The zero-order valence-corrected chi connectivity index (χ0v) is 16.2. The van der Waals surface area contributed by atoms with Crippen molar-refractivity contribution in [2.24, 2.45) is 0 Å². The lowest BCUT2D eigenvalue weighted by molar-refractivity contribution is 0.0953. The van der Waals surface area contributed by atoms with E-state index < -0.39 is 10.0 Å². The fourth-order valence-electron chi connectivity index (χ4n) is 2.45. The Balaban J connectivity index is 2.38. The Hall–Kier alpha value is -2.54. The summed E-state index contributed by atoms with van der Waals surface area (Å²) in [6.45, 7) is 6.12. The van der Waals surface area contributed by atoms with E-state index in [0.29, 0.717) is 29.1 Å². The van der Waals surface area contributed by atoms with Crippen LogP contribution in [0.15, 0.2) is 41.3 Å². The molecule has 26 heavy (non-hydrogen) atoms. The summed E-state index contributed by atoms with van der Waals surface area (Å²) in [7, 11) is -2.39. The molecular weight excluding hydrogens is 352 g/mol. The average molecular weight is 376 g/mol. The second kappa shape index (κ2) is 8.23. The third-order valence-electron chi connectivity index (χ3n) is 3.90. The Morgan fingerprint density at radius 3 is 2.50 bits per heavy atom. The highest BCUT2D eigenvalue weighted by molar-refractivity contribution is 7.92. The standard InChI is InChI=1S/C19H24N2O4S/c1-5-10-20-19(22)16-12-15(8-7-14(16)3)26(23,24)21-17-11-13(2)6-9-18(17)25-4/h6-9,11-12,21H,5,10H2,1-4H3,(H,20,22). The van der Waals surface area contributed by atoms with Gasteiger partial charge in [-0.1, -0.05) is 19.1 Å². The molecule has 0 aliphatic carbocycles. The number of benzene rings is 2. The molecule has 6 nitrogen and oxygen atoms in total.